The molecular weight excluding hydrogens is 384 g/mol. The third kappa shape index (κ3) is 3.42. The number of hydrazone groups is 1. The maximum Gasteiger partial charge on any atom is 0.489 e. The van der Waals surface area contributed by atoms with Crippen LogP contribution in [-0.4, -0.2) is 45.4 Å². The molecule has 0 radical (unpaired) electrons. The van der Waals surface area contributed by atoms with Crippen LogP contribution in [0.3, 0.4) is 0 Å². The second kappa shape index (κ2) is 6.23. The van der Waals surface area contributed by atoms with Gasteiger partial charge in [-0.25, -0.2) is 9.69 Å². The number of carboxylic acid groups (broad SMARTS) is 1. The summed E-state index contributed by atoms with van der Waals surface area (Å²) in [4.78, 5) is 14.9. The van der Waals surface area contributed by atoms with Gasteiger partial charge in [0.15, 0.2) is 5.71 Å². The molecule has 6 nitrogen and oxygen atoms in total. The van der Waals surface area contributed by atoms with E-state index in [4.69, 9.17) is 23.2 Å². The average molecular weight is 393 g/mol. The lowest BCUT2D eigenvalue weighted by molar-refractivity contribution is -0.201. The number of halogens is 5. The number of aliphatic carboxylic acids is 1. The summed E-state index contributed by atoms with van der Waals surface area (Å²) in [7, 11) is 0. The number of rotatable bonds is 3. The van der Waals surface area contributed by atoms with Gasteiger partial charge in [-0.05, 0) is 17.7 Å². The molecule has 132 valence electrons. The van der Waals surface area contributed by atoms with E-state index in [1.807, 2.05) is 0 Å². The predicted octanol–water partition coefficient (Wildman–Crippen LogP) is 3.32. The highest BCUT2D eigenvalue weighted by Crippen LogP contribution is 2.33. The smallest absolute Gasteiger partial charge is 0.477 e. The zero-order valence-corrected chi connectivity index (χ0v) is 13.7. The molecule has 0 bridgehead atoms. The van der Waals surface area contributed by atoms with E-state index in [-0.39, 0.29) is 27.9 Å². The van der Waals surface area contributed by atoms with E-state index >= 15 is 0 Å². The maximum atomic E-state index is 12.9. The van der Waals surface area contributed by atoms with E-state index in [0.717, 1.165) is 11.2 Å². The van der Waals surface area contributed by atoms with Crippen LogP contribution < -0.4 is 0 Å². The van der Waals surface area contributed by atoms with Crippen LogP contribution >= 0.6 is 23.2 Å². The van der Waals surface area contributed by atoms with Crippen LogP contribution in [0.1, 0.15) is 5.56 Å². The van der Waals surface area contributed by atoms with Crippen molar-refractivity contribution in [2.75, 3.05) is 0 Å². The van der Waals surface area contributed by atoms with Crippen LogP contribution in [0.4, 0.5) is 13.2 Å². The molecule has 2 aliphatic heterocycles. The predicted molar refractivity (Wildman–Crippen MR) is 85.3 cm³/mol. The van der Waals surface area contributed by atoms with Gasteiger partial charge in [-0.3, -0.25) is 10.0 Å². The number of aliphatic imine (C=N–C) groups is 1. The van der Waals surface area contributed by atoms with Crippen molar-refractivity contribution < 1.29 is 23.1 Å². The number of nitrogens with zero attached hydrogens (tertiary/aromatic N) is 4. The lowest BCUT2D eigenvalue weighted by Crippen LogP contribution is -2.39. The average Bonchev–Trinajstić information content (AvgIpc) is 2.87. The Balaban J connectivity index is 1.96. The summed E-state index contributed by atoms with van der Waals surface area (Å²) in [5, 5.41) is 14.9. The van der Waals surface area contributed by atoms with Gasteiger partial charge < -0.3 is 5.11 Å². The first kappa shape index (κ1) is 17.6. The van der Waals surface area contributed by atoms with Crippen molar-refractivity contribution in [3.05, 3.63) is 45.7 Å². The number of fused-ring (bicyclic) bond motifs is 1. The third-order valence-electron chi connectivity index (χ3n) is 3.52. The van der Waals surface area contributed by atoms with Gasteiger partial charge in [-0.2, -0.15) is 5.10 Å². The molecule has 3 rings (SSSR count). The van der Waals surface area contributed by atoms with Gasteiger partial charge in [0.25, 0.3) is 0 Å². The molecule has 0 saturated heterocycles. The van der Waals surface area contributed by atoms with Crippen molar-refractivity contribution in [1.82, 2.24) is 9.91 Å². The zero-order valence-electron chi connectivity index (χ0n) is 12.2. The Morgan fingerprint density at radius 2 is 2.04 bits per heavy atom. The Kier molecular flexibility index (Phi) is 4.38. The van der Waals surface area contributed by atoms with Crippen LogP contribution in [0.5, 0.6) is 0 Å². The van der Waals surface area contributed by atoms with Crippen molar-refractivity contribution in [3.63, 3.8) is 0 Å². The summed E-state index contributed by atoms with van der Waals surface area (Å²) in [6.07, 6.45) is -3.39. The topological polar surface area (TPSA) is 68.5 Å². The minimum absolute atomic E-state index is 0.0109. The lowest BCUT2D eigenvalue weighted by Gasteiger charge is -2.27. The first-order valence-electron chi connectivity index (χ1n) is 6.80. The first-order chi connectivity index (χ1) is 11.7. The third-order valence-corrected chi connectivity index (χ3v) is 4.11. The molecule has 25 heavy (non-hydrogen) atoms. The van der Waals surface area contributed by atoms with Gasteiger partial charge in [0, 0.05) is 16.2 Å². The molecule has 0 saturated carbocycles. The van der Waals surface area contributed by atoms with E-state index in [1.54, 1.807) is 12.1 Å². The van der Waals surface area contributed by atoms with E-state index in [9.17, 15) is 23.1 Å². The number of benzene rings is 1. The SMILES string of the molecule is O=C(O)C1=NN(Cc2ccc(Cl)cc2Cl)C2=CN(C(F)(F)F)C=NC21. The van der Waals surface area contributed by atoms with Gasteiger partial charge in [0.2, 0.25) is 0 Å². The van der Waals surface area contributed by atoms with Gasteiger partial charge in [-0.15, -0.1) is 13.2 Å². The van der Waals surface area contributed by atoms with Crippen molar-refractivity contribution in [2.24, 2.45) is 10.1 Å². The molecule has 0 aliphatic carbocycles. The molecule has 11 heteroatoms. The molecule has 1 atom stereocenters. The second-order valence-electron chi connectivity index (χ2n) is 5.18. The van der Waals surface area contributed by atoms with Crippen LogP contribution in [0, 0.1) is 0 Å². The number of carboxylic acids is 1. The molecule has 1 N–H and O–H groups in total. The molecule has 1 aromatic rings. The standard InChI is InChI=1S/C14H9Cl2F3N4O2/c15-8-2-1-7(9(16)3-8)4-23-10-5-22(14(17,18)19)6-20-11(10)12(21-23)13(24)25/h1-3,5-6,11H,4H2,(H,24,25). The number of hydrogen-bond acceptors (Lipinski definition) is 5. The highest BCUT2D eigenvalue weighted by molar-refractivity contribution is 6.39. The Labute approximate surface area is 149 Å². The maximum absolute atomic E-state index is 12.9. The van der Waals surface area contributed by atoms with Crippen molar-refractivity contribution in [1.29, 1.82) is 0 Å². The van der Waals surface area contributed by atoms with E-state index in [0.29, 0.717) is 16.9 Å². The molecule has 1 aromatic carbocycles. The van der Waals surface area contributed by atoms with Crippen molar-refractivity contribution >= 4 is 41.2 Å². The van der Waals surface area contributed by atoms with Crippen LogP contribution in [0.2, 0.25) is 10.0 Å². The van der Waals surface area contributed by atoms with Crippen LogP contribution in [0.15, 0.2) is 40.2 Å². The Morgan fingerprint density at radius 3 is 2.64 bits per heavy atom. The van der Waals surface area contributed by atoms with E-state index < -0.39 is 18.3 Å². The highest BCUT2D eigenvalue weighted by Gasteiger charge is 2.43. The van der Waals surface area contributed by atoms with Gasteiger partial charge in [0.1, 0.15) is 6.04 Å². The Bertz CT molecular complexity index is 823. The lowest BCUT2D eigenvalue weighted by atomic mass is 10.1. The van der Waals surface area contributed by atoms with Crippen molar-refractivity contribution in [2.45, 2.75) is 18.9 Å². The summed E-state index contributed by atoms with van der Waals surface area (Å²) in [6, 6.07) is 3.51. The fraction of sp³-hybridized carbons (Fsp3) is 0.214. The van der Waals surface area contributed by atoms with Crippen LogP contribution in [-0.2, 0) is 11.3 Å². The summed E-state index contributed by atoms with van der Waals surface area (Å²) >= 11 is 11.9. The van der Waals surface area contributed by atoms with Gasteiger partial charge >= 0.3 is 12.3 Å². The minimum atomic E-state index is -4.68. The number of alkyl halides is 3. The number of carbonyl (C=O) groups is 1. The fourth-order valence-electron chi connectivity index (χ4n) is 2.36. The summed E-state index contributed by atoms with van der Waals surface area (Å²) in [5.74, 6) is -1.36. The zero-order chi connectivity index (χ0) is 18.4. The quantitative estimate of drug-likeness (QED) is 0.801. The van der Waals surface area contributed by atoms with Crippen LogP contribution in [0.25, 0.3) is 0 Å². The Hall–Kier alpha value is -2.26. The van der Waals surface area contributed by atoms with E-state index in [2.05, 4.69) is 10.1 Å². The molecule has 0 fully saturated rings. The summed E-state index contributed by atoms with van der Waals surface area (Å²) in [5.41, 5.74) is 0.145. The molecular formula is C14H9Cl2F3N4O2. The molecule has 2 heterocycles. The minimum Gasteiger partial charge on any atom is -0.477 e. The normalized spacial score (nSPS) is 19.6. The largest absolute Gasteiger partial charge is 0.489 e. The second-order valence-corrected chi connectivity index (χ2v) is 6.02. The fourth-order valence-corrected chi connectivity index (χ4v) is 2.83. The Morgan fingerprint density at radius 1 is 1.32 bits per heavy atom. The summed E-state index contributed by atoms with van der Waals surface area (Å²) < 4.78 is 38.7. The molecule has 0 spiro atoms. The van der Waals surface area contributed by atoms with Gasteiger partial charge in [0.05, 0.1) is 18.6 Å². The molecule has 1 unspecified atom stereocenters. The van der Waals surface area contributed by atoms with Gasteiger partial charge in [-0.1, -0.05) is 29.3 Å². The number of hydrogen-bond donors (Lipinski definition) is 1. The summed E-state index contributed by atoms with van der Waals surface area (Å²) in [6.45, 7) is -0.0314. The van der Waals surface area contributed by atoms with Crippen molar-refractivity contribution in [3.8, 4) is 0 Å². The molecule has 0 aromatic heterocycles. The molecule has 0 amide bonds. The first-order valence-corrected chi connectivity index (χ1v) is 7.56. The monoisotopic (exact) mass is 392 g/mol. The molecule has 2 aliphatic rings. The van der Waals surface area contributed by atoms with E-state index in [1.165, 1.54) is 6.07 Å². The highest BCUT2D eigenvalue weighted by atomic mass is 35.5.